The van der Waals surface area contributed by atoms with Crippen molar-refractivity contribution < 1.29 is 14.7 Å². The van der Waals surface area contributed by atoms with Crippen LogP contribution in [0.3, 0.4) is 0 Å². The molecular weight excluding hydrogens is 316 g/mol. The Hall–Kier alpha value is -2.82. The SMILES string of the molecule is CN1C(=O)CC(=O)N(c2ccc(O)cc2)c2ccc3c(c21)CCCC3. The van der Waals surface area contributed by atoms with Crippen LogP contribution in [0.25, 0.3) is 0 Å². The number of fused-ring (bicyclic) bond motifs is 3. The number of rotatable bonds is 1. The molecule has 2 aliphatic rings. The summed E-state index contributed by atoms with van der Waals surface area (Å²) >= 11 is 0. The van der Waals surface area contributed by atoms with Crippen molar-refractivity contribution in [2.45, 2.75) is 32.1 Å². The quantitative estimate of drug-likeness (QED) is 0.813. The summed E-state index contributed by atoms with van der Waals surface area (Å²) in [6.07, 6.45) is 4.02. The van der Waals surface area contributed by atoms with Crippen LogP contribution < -0.4 is 9.80 Å². The predicted molar refractivity (Wildman–Crippen MR) is 96.4 cm³/mol. The molecule has 1 heterocycles. The van der Waals surface area contributed by atoms with Gasteiger partial charge in [0, 0.05) is 12.7 Å². The van der Waals surface area contributed by atoms with Gasteiger partial charge in [-0.3, -0.25) is 14.5 Å². The van der Waals surface area contributed by atoms with Crippen molar-refractivity contribution in [3.8, 4) is 5.75 Å². The van der Waals surface area contributed by atoms with Crippen molar-refractivity contribution in [3.63, 3.8) is 0 Å². The van der Waals surface area contributed by atoms with Gasteiger partial charge in [-0.1, -0.05) is 6.07 Å². The van der Waals surface area contributed by atoms with Gasteiger partial charge in [-0.25, -0.2) is 0 Å². The van der Waals surface area contributed by atoms with E-state index in [1.807, 2.05) is 6.07 Å². The Balaban J connectivity index is 1.95. The summed E-state index contributed by atoms with van der Waals surface area (Å²) in [5.41, 5.74) is 4.69. The molecular formula is C20H20N2O3. The van der Waals surface area contributed by atoms with Crippen LogP contribution >= 0.6 is 0 Å². The maximum atomic E-state index is 12.8. The van der Waals surface area contributed by atoms with Crippen LogP contribution in [0, 0.1) is 0 Å². The molecule has 0 spiro atoms. The average molecular weight is 336 g/mol. The van der Waals surface area contributed by atoms with Crippen molar-refractivity contribution in [2.24, 2.45) is 0 Å². The van der Waals surface area contributed by atoms with Gasteiger partial charge in [0.1, 0.15) is 12.2 Å². The molecule has 0 atom stereocenters. The highest BCUT2D eigenvalue weighted by molar-refractivity contribution is 6.18. The second-order valence-electron chi connectivity index (χ2n) is 6.65. The Bertz CT molecular complexity index is 858. The molecule has 0 saturated heterocycles. The Morgan fingerprint density at radius 3 is 2.40 bits per heavy atom. The van der Waals surface area contributed by atoms with E-state index in [0.717, 1.165) is 37.1 Å². The number of anilines is 3. The average Bonchev–Trinajstić information content (AvgIpc) is 2.71. The van der Waals surface area contributed by atoms with Crippen LogP contribution in [0.2, 0.25) is 0 Å². The number of carbonyl (C=O) groups is 2. The van der Waals surface area contributed by atoms with Crippen LogP contribution in [-0.4, -0.2) is 24.0 Å². The van der Waals surface area contributed by atoms with Gasteiger partial charge in [-0.15, -0.1) is 0 Å². The Kier molecular flexibility index (Phi) is 3.71. The van der Waals surface area contributed by atoms with Gasteiger partial charge in [-0.05, 0) is 67.1 Å². The first kappa shape index (κ1) is 15.7. The second-order valence-corrected chi connectivity index (χ2v) is 6.65. The van der Waals surface area contributed by atoms with Crippen molar-refractivity contribution in [3.05, 3.63) is 47.5 Å². The number of carbonyl (C=O) groups excluding carboxylic acids is 2. The molecule has 0 fully saturated rings. The van der Waals surface area contributed by atoms with Crippen LogP contribution in [-0.2, 0) is 22.4 Å². The lowest BCUT2D eigenvalue weighted by molar-refractivity contribution is -0.125. The van der Waals surface area contributed by atoms with Crippen molar-refractivity contribution >= 4 is 28.9 Å². The van der Waals surface area contributed by atoms with E-state index in [9.17, 15) is 14.7 Å². The minimum atomic E-state index is -0.253. The van der Waals surface area contributed by atoms with Crippen LogP contribution in [0.15, 0.2) is 36.4 Å². The second kappa shape index (κ2) is 5.92. The van der Waals surface area contributed by atoms with Gasteiger partial charge in [0.2, 0.25) is 11.8 Å². The van der Waals surface area contributed by atoms with E-state index in [1.165, 1.54) is 11.1 Å². The summed E-state index contributed by atoms with van der Waals surface area (Å²) in [5.74, 6) is -0.298. The molecule has 0 radical (unpaired) electrons. The van der Waals surface area contributed by atoms with Crippen LogP contribution in [0.4, 0.5) is 17.1 Å². The van der Waals surface area contributed by atoms with Gasteiger partial charge in [0.25, 0.3) is 0 Å². The molecule has 2 aromatic rings. The number of benzene rings is 2. The van der Waals surface area contributed by atoms with E-state index < -0.39 is 0 Å². The summed E-state index contributed by atoms with van der Waals surface area (Å²) in [7, 11) is 1.75. The molecule has 5 nitrogen and oxygen atoms in total. The zero-order chi connectivity index (χ0) is 17.6. The van der Waals surface area contributed by atoms with Crippen LogP contribution in [0.1, 0.15) is 30.4 Å². The van der Waals surface area contributed by atoms with Crippen molar-refractivity contribution in [1.29, 1.82) is 0 Å². The minimum Gasteiger partial charge on any atom is -0.508 e. The third-order valence-electron chi connectivity index (χ3n) is 5.09. The molecule has 5 heteroatoms. The molecule has 1 aliphatic heterocycles. The van der Waals surface area contributed by atoms with Gasteiger partial charge in [0.05, 0.1) is 11.4 Å². The molecule has 0 unspecified atom stereocenters. The minimum absolute atomic E-state index is 0.143. The largest absolute Gasteiger partial charge is 0.508 e. The molecule has 1 N–H and O–H groups in total. The number of aryl methyl sites for hydroxylation is 1. The monoisotopic (exact) mass is 336 g/mol. The fourth-order valence-corrected chi connectivity index (χ4v) is 3.82. The molecule has 0 aromatic heterocycles. The van der Waals surface area contributed by atoms with E-state index in [1.54, 1.807) is 41.1 Å². The Morgan fingerprint density at radius 2 is 1.64 bits per heavy atom. The van der Waals surface area contributed by atoms with Gasteiger partial charge in [-0.2, -0.15) is 0 Å². The van der Waals surface area contributed by atoms with Gasteiger partial charge >= 0.3 is 0 Å². The fourth-order valence-electron chi connectivity index (χ4n) is 3.82. The standard InChI is InChI=1S/C20H20N2O3/c1-21-18(24)12-19(25)22(14-7-9-15(23)10-8-14)17-11-6-13-4-2-3-5-16(13)20(17)21/h6-11,23H,2-5,12H2,1H3. The Morgan fingerprint density at radius 1 is 0.920 bits per heavy atom. The number of phenols is 1. The van der Waals surface area contributed by atoms with E-state index >= 15 is 0 Å². The summed E-state index contributed by atoms with van der Waals surface area (Å²) in [6, 6.07) is 10.5. The van der Waals surface area contributed by atoms with Gasteiger partial charge in [0.15, 0.2) is 0 Å². The lowest BCUT2D eigenvalue weighted by atomic mass is 9.89. The number of amides is 2. The molecule has 0 bridgehead atoms. The van der Waals surface area contributed by atoms with Crippen molar-refractivity contribution in [1.82, 2.24) is 0 Å². The van der Waals surface area contributed by atoms with E-state index in [0.29, 0.717) is 5.69 Å². The molecule has 0 saturated carbocycles. The first-order chi connectivity index (χ1) is 12.1. The maximum Gasteiger partial charge on any atom is 0.241 e. The highest BCUT2D eigenvalue weighted by Gasteiger charge is 2.33. The molecule has 4 rings (SSSR count). The summed E-state index contributed by atoms with van der Waals surface area (Å²) in [6.45, 7) is 0. The maximum absolute atomic E-state index is 12.8. The fraction of sp³-hybridized carbons (Fsp3) is 0.300. The summed E-state index contributed by atoms with van der Waals surface area (Å²) < 4.78 is 0. The van der Waals surface area contributed by atoms with Gasteiger partial charge < -0.3 is 10.0 Å². The third kappa shape index (κ3) is 2.56. The molecule has 128 valence electrons. The van der Waals surface area contributed by atoms with E-state index in [-0.39, 0.29) is 24.0 Å². The van der Waals surface area contributed by atoms with Crippen LogP contribution in [0.5, 0.6) is 5.75 Å². The molecule has 25 heavy (non-hydrogen) atoms. The van der Waals surface area contributed by atoms with E-state index in [4.69, 9.17) is 0 Å². The summed E-state index contributed by atoms with van der Waals surface area (Å²) in [5, 5.41) is 9.55. The molecule has 2 amide bonds. The first-order valence-corrected chi connectivity index (χ1v) is 8.59. The first-order valence-electron chi connectivity index (χ1n) is 8.59. The Labute approximate surface area is 146 Å². The normalized spacial score (nSPS) is 17.2. The number of hydrogen-bond acceptors (Lipinski definition) is 3. The number of phenolic OH excluding ortho intramolecular Hbond substituents is 1. The zero-order valence-corrected chi connectivity index (χ0v) is 14.2. The lowest BCUT2D eigenvalue weighted by Gasteiger charge is -2.29. The van der Waals surface area contributed by atoms with Crippen molar-refractivity contribution in [2.75, 3.05) is 16.8 Å². The summed E-state index contributed by atoms with van der Waals surface area (Å²) in [4.78, 5) is 28.6. The third-order valence-corrected chi connectivity index (χ3v) is 5.09. The predicted octanol–water partition coefficient (Wildman–Crippen LogP) is 3.30. The number of hydrogen-bond donors (Lipinski definition) is 1. The smallest absolute Gasteiger partial charge is 0.241 e. The molecule has 1 aliphatic carbocycles. The highest BCUT2D eigenvalue weighted by Crippen LogP contribution is 2.43. The molecule has 2 aromatic carbocycles. The zero-order valence-electron chi connectivity index (χ0n) is 14.2. The lowest BCUT2D eigenvalue weighted by Crippen LogP contribution is -2.29. The number of aromatic hydroxyl groups is 1. The topological polar surface area (TPSA) is 60.9 Å². The number of nitrogens with zero attached hydrogens (tertiary/aromatic N) is 2. The highest BCUT2D eigenvalue weighted by atomic mass is 16.3. The van der Waals surface area contributed by atoms with E-state index in [2.05, 4.69) is 6.07 Å².